The molecular formula is C52H58Cl2Zr-2. The standard InChI is InChI=1S/C25H25.C15H14.C12H19.2ClH.Zr/c1-14-12-24(3,4)22-8-16-7-17-9-23-19(15(2)13-25(23,5)6)11-21(17)20(16)10-18(14)22;1-12-3-7-14(8-4-12)11-15-9-5-13(2)6-10-15;1-5-6-10-7-8-11(9-10)12(2,3)4;;;/h7-13H,1-6H3;3-10H,1-2H3;8-10H,5-6H2,1-4H3;2*1H;/q-1;;-1;;;+2/p-2. The summed E-state index contributed by atoms with van der Waals surface area (Å²) < 4.78 is 1.42. The molecule has 3 aliphatic carbocycles. The van der Waals surface area contributed by atoms with Gasteiger partial charge in [-0.05, 0) is 36.1 Å². The molecule has 0 radical (unpaired) electrons. The molecule has 1 unspecified atom stereocenters. The van der Waals surface area contributed by atoms with Crippen LogP contribution in [0.5, 0.6) is 0 Å². The summed E-state index contributed by atoms with van der Waals surface area (Å²) in [7, 11) is 0. The molecule has 0 aromatic heterocycles. The SMILES string of the molecule is CC1=CC(C)(C)c2cc3[cH-]c4cc5c(cc4c3cc21)C(C)=CC5(C)C.CCCC1[C-]=CC(C(C)(C)C)=C1.Cc1ccc([C](=[Zr+2])c2ccc(C)cc2)cc1.[Cl-].[Cl-]. The first kappa shape index (κ1) is 44.8. The van der Waals surface area contributed by atoms with Gasteiger partial charge in [0.05, 0.1) is 0 Å². The number of rotatable bonds is 4. The molecule has 3 aliphatic rings. The van der Waals surface area contributed by atoms with Gasteiger partial charge in [-0.25, -0.2) is 6.08 Å². The molecule has 55 heavy (non-hydrogen) atoms. The van der Waals surface area contributed by atoms with Crippen LogP contribution in [0.25, 0.3) is 32.7 Å². The first-order valence-electron chi connectivity index (χ1n) is 19.5. The van der Waals surface area contributed by atoms with Crippen LogP contribution in [-0.2, 0) is 35.1 Å². The van der Waals surface area contributed by atoms with Crippen molar-refractivity contribution in [3.8, 4) is 0 Å². The van der Waals surface area contributed by atoms with Gasteiger partial charge in [0.2, 0.25) is 0 Å². The van der Waals surface area contributed by atoms with Gasteiger partial charge in [0.1, 0.15) is 0 Å². The van der Waals surface area contributed by atoms with Gasteiger partial charge in [0.25, 0.3) is 0 Å². The molecule has 3 heteroatoms. The fraction of sp³-hybridized carbons (Fsp3) is 0.346. The van der Waals surface area contributed by atoms with Crippen molar-refractivity contribution in [3.63, 3.8) is 0 Å². The normalized spacial score (nSPS) is 17.1. The maximum atomic E-state index is 3.40. The quantitative estimate of drug-likeness (QED) is 0.160. The second-order valence-electron chi connectivity index (χ2n) is 17.9. The van der Waals surface area contributed by atoms with E-state index in [2.05, 4.69) is 192 Å². The summed E-state index contributed by atoms with van der Waals surface area (Å²) in [6.45, 7) is 27.0. The first-order valence-corrected chi connectivity index (χ1v) is 20.8. The molecule has 0 N–H and O–H groups in total. The van der Waals surface area contributed by atoms with Gasteiger partial charge < -0.3 is 24.8 Å². The Balaban J connectivity index is 0.000000195. The second-order valence-corrected chi connectivity index (χ2v) is 19.1. The number of fused-ring (bicyclic) bond motifs is 5. The van der Waals surface area contributed by atoms with E-state index in [1.54, 1.807) is 0 Å². The number of allylic oxidation sites excluding steroid dienone is 8. The number of hydrogen-bond donors (Lipinski definition) is 0. The predicted octanol–water partition coefficient (Wildman–Crippen LogP) is 8.28. The number of aryl methyl sites for hydroxylation is 2. The average molecular weight is 845 g/mol. The summed E-state index contributed by atoms with van der Waals surface area (Å²) in [5.74, 6) is 0.587. The zero-order chi connectivity index (χ0) is 38.5. The largest absolute Gasteiger partial charge is 1.00 e. The predicted molar refractivity (Wildman–Crippen MR) is 230 cm³/mol. The van der Waals surface area contributed by atoms with Crippen molar-refractivity contribution in [2.24, 2.45) is 11.3 Å². The smallest absolute Gasteiger partial charge is 1.00 e. The van der Waals surface area contributed by atoms with E-state index in [9.17, 15) is 0 Å². The summed E-state index contributed by atoms with van der Waals surface area (Å²) in [6, 6.07) is 29.6. The first-order chi connectivity index (χ1) is 24.9. The van der Waals surface area contributed by atoms with E-state index in [-0.39, 0.29) is 35.6 Å². The third-order valence-electron chi connectivity index (χ3n) is 11.4. The van der Waals surface area contributed by atoms with Crippen LogP contribution in [0.2, 0.25) is 0 Å². The number of hydrogen-bond acceptors (Lipinski definition) is 0. The van der Waals surface area contributed by atoms with Crippen LogP contribution in [0.15, 0.2) is 109 Å². The summed E-state index contributed by atoms with van der Waals surface area (Å²) >= 11 is 1.46. The van der Waals surface area contributed by atoms with Crippen molar-refractivity contribution in [3.05, 3.63) is 159 Å². The van der Waals surface area contributed by atoms with Gasteiger partial charge in [-0.2, -0.15) is 11.6 Å². The summed E-state index contributed by atoms with van der Waals surface area (Å²) in [6.07, 6.45) is 15.2. The Labute approximate surface area is 359 Å². The topological polar surface area (TPSA) is 0 Å². The Bertz CT molecular complexity index is 2170. The summed E-state index contributed by atoms with van der Waals surface area (Å²) in [5.41, 5.74) is 16.0. The van der Waals surface area contributed by atoms with Gasteiger partial charge in [-0.1, -0.05) is 115 Å². The molecule has 0 bridgehead atoms. The minimum absolute atomic E-state index is 0. The Morgan fingerprint density at radius 3 is 1.47 bits per heavy atom. The third-order valence-corrected chi connectivity index (χ3v) is 12.8. The maximum Gasteiger partial charge on any atom is -1.00 e. The Kier molecular flexibility index (Phi) is 14.0. The monoisotopic (exact) mass is 842 g/mol. The molecule has 0 fully saturated rings. The van der Waals surface area contributed by atoms with Gasteiger partial charge in [0, 0.05) is 10.8 Å². The molecule has 8 rings (SSSR count). The Morgan fingerprint density at radius 2 is 1.11 bits per heavy atom. The van der Waals surface area contributed by atoms with Gasteiger partial charge in [0.15, 0.2) is 0 Å². The molecule has 0 aliphatic heterocycles. The molecule has 0 saturated heterocycles. The third kappa shape index (κ3) is 9.61. The Morgan fingerprint density at radius 1 is 0.691 bits per heavy atom. The van der Waals surface area contributed by atoms with E-state index < -0.39 is 0 Å². The van der Waals surface area contributed by atoms with E-state index in [0.29, 0.717) is 11.3 Å². The van der Waals surface area contributed by atoms with Gasteiger partial charge >= 0.3 is 112 Å². The molecule has 0 spiro atoms. The molecule has 286 valence electrons. The van der Waals surface area contributed by atoms with Crippen LogP contribution >= 0.6 is 0 Å². The molecule has 5 aromatic rings. The summed E-state index contributed by atoms with van der Waals surface area (Å²) in [5, 5.41) is 5.57. The molecule has 1 atom stereocenters. The zero-order valence-corrected chi connectivity index (χ0v) is 39.0. The van der Waals surface area contributed by atoms with Crippen LogP contribution in [-0.4, -0.2) is 3.21 Å². The van der Waals surface area contributed by atoms with Crippen molar-refractivity contribution < 1.29 is 49.0 Å². The molecule has 0 saturated carbocycles. The minimum atomic E-state index is 0. The van der Waals surface area contributed by atoms with Gasteiger partial charge in [-0.15, -0.1) is 39.7 Å². The number of benzene rings is 4. The van der Waals surface area contributed by atoms with Crippen molar-refractivity contribution in [2.75, 3.05) is 0 Å². The fourth-order valence-electron chi connectivity index (χ4n) is 8.28. The molecular weight excluding hydrogens is 787 g/mol. The summed E-state index contributed by atoms with van der Waals surface area (Å²) in [4.78, 5) is 0. The van der Waals surface area contributed by atoms with Gasteiger partial charge in [-0.3, -0.25) is 6.08 Å². The maximum absolute atomic E-state index is 3.40. The van der Waals surface area contributed by atoms with Crippen LogP contribution in [0, 0.1) is 31.3 Å². The van der Waals surface area contributed by atoms with E-state index in [0.717, 1.165) is 0 Å². The van der Waals surface area contributed by atoms with Crippen molar-refractivity contribution >= 4 is 35.9 Å². The average Bonchev–Trinajstić information content (AvgIpc) is 3.82. The van der Waals surface area contributed by atoms with E-state index >= 15 is 0 Å². The fourth-order valence-corrected chi connectivity index (χ4v) is 9.10. The Hall–Kier alpha value is -2.96. The minimum Gasteiger partial charge on any atom is -1.00 e. The number of halogens is 2. The van der Waals surface area contributed by atoms with Crippen LogP contribution < -0.4 is 24.8 Å². The van der Waals surface area contributed by atoms with Crippen LogP contribution in [0.3, 0.4) is 0 Å². The van der Waals surface area contributed by atoms with Crippen LogP contribution in [0.1, 0.15) is 127 Å². The van der Waals surface area contributed by atoms with Crippen molar-refractivity contribution in [1.29, 1.82) is 0 Å². The molecule has 0 heterocycles. The molecule has 0 amide bonds. The molecule has 5 aromatic carbocycles. The van der Waals surface area contributed by atoms with E-state index in [1.165, 1.54) is 123 Å². The molecule has 0 nitrogen and oxygen atoms in total. The van der Waals surface area contributed by atoms with Crippen LogP contribution in [0.4, 0.5) is 0 Å². The van der Waals surface area contributed by atoms with Crippen molar-refractivity contribution in [2.45, 2.75) is 107 Å². The van der Waals surface area contributed by atoms with Crippen molar-refractivity contribution in [1.82, 2.24) is 0 Å². The van der Waals surface area contributed by atoms with E-state index in [1.807, 2.05) is 0 Å². The zero-order valence-electron chi connectivity index (χ0n) is 35.1. The second kappa shape index (κ2) is 17.3. The van der Waals surface area contributed by atoms with E-state index in [4.69, 9.17) is 0 Å².